The van der Waals surface area contributed by atoms with Crippen molar-refractivity contribution in [3.63, 3.8) is 0 Å². The first-order valence-electron chi connectivity index (χ1n) is 1.94. The van der Waals surface area contributed by atoms with Crippen LogP contribution in [0, 0.1) is 0 Å². The van der Waals surface area contributed by atoms with Gasteiger partial charge in [0, 0.05) is 8.45 Å². The SMILES string of the molecule is CC(C)(C)[O][Al].[HH].[HH]. The van der Waals surface area contributed by atoms with Crippen LogP contribution in [0.5, 0.6) is 0 Å². The third-order valence-electron chi connectivity index (χ3n) is 0.354. The van der Waals surface area contributed by atoms with Gasteiger partial charge in [-0.25, -0.2) is 0 Å². The topological polar surface area (TPSA) is 9.23 Å². The van der Waals surface area contributed by atoms with E-state index in [2.05, 4.69) is 16.6 Å². The van der Waals surface area contributed by atoms with Gasteiger partial charge in [-0.05, 0) is 20.8 Å². The van der Waals surface area contributed by atoms with Gasteiger partial charge in [-0.2, -0.15) is 0 Å². The van der Waals surface area contributed by atoms with Crippen molar-refractivity contribution in [3.05, 3.63) is 0 Å². The predicted molar refractivity (Wildman–Crippen MR) is 30.8 cm³/mol. The highest BCUT2D eigenvalue weighted by molar-refractivity contribution is 5.98. The summed E-state index contributed by atoms with van der Waals surface area (Å²) in [5.41, 5.74) is 0.00463. The second-order valence-electron chi connectivity index (χ2n) is 2.23. The van der Waals surface area contributed by atoms with Crippen molar-refractivity contribution in [2.24, 2.45) is 0 Å². The predicted octanol–water partition coefficient (Wildman–Crippen LogP) is 1.38. The van der Waals surface area contributed by atoms with Crippen LogP contribution in [0.1, 0.15) is 23.6 Å². The van der Waals surface area contributed by atoms with Crippen molar-refractivity contribution >= 4 is 16.6 Å². The minimum Gasteiger partial charge on any atom is -0.512 e. The molecule has 0 rings (SSSR count). The molecule has 6 heavy (non-hydrogen) atoms. The molecule has 0 saturated carbocycles. The molecule has 0 aromatic carbocycles. The average molecular weight is 104 g/mol. The molecule has 2 heteroatoms. The third-order valence-corrected chi connectivity index (χ3v) is 1.06. The van der Waals surface area contributed by atoms with Gasteiger partial charge >= 0.3 is 16.6 Å². The molecule has 0 aliphatic rings. The quantitative estimate of drug-likeness (QED) is 0.422. The van der Waals surface area contributed by atoms with Crippen LogP contribution >= 0.6 is 0 Å². The van der Waals surface area contributed by atoms with Crippen molar-refractivity contribution in [2.75, 3.05) is 0 Å². The first-order chi connectivity index (χ1) is 2.56. The van der Waals surface area contributed by atoms with E-state index in [1.165, 1.54) is 0 Å². The zero-order valence-electron chi connectivity index (χ0n) is 4.49. The average Bonchev–Trinajstić information content (AvgIpc) is 1.35. The molecule has 0 N–H and O–H groups in total. The maximum Gasteiger partial charge on any atom is 0.369 e. The Morgan fingerprint density at radius 3 is 1.67 bits per heavy atom. The summed E-state index contributed by atoms with van der Waals surface area (Å²) < 4.78 is 4.85. The fourth-order valence-corrected chi connectivity index (χ4v) is 0. The highest BCUT2D eigenvalue weighted by atomic mass is 27.1. The van der Waals surface area contributed by atoms with Crippen molar-refractivity contribution < 1.29 is 6.64 Å². The van der Waals surface area contributed by atoms with Crippen molar-refractivity contribution in [1.29, 1.82) is 0 Å². The lowest BCUT2D eigenvalue weighted by Gasteiger charge is -2.17. The summed E-state index contributed by atoms with van der Waals surface area (Å²) >= 11 is 2.22. The summed E-state index contributed by atoms with van der Waals surface area (Å²) in [6.45, 7) is 6.00. The van der Waals surface area contributed by atoms with Gasteiger partial charge < -0.3 is 3.79 Å². The van der Waals surface area contributed by atoms with Gasteiger partial charge in [-0.1, -0.05) is 0 Å². The summed E-state index contributed by atoms with van der Waals surface area (Å²) in [5.74, 6) is 0. The van der Waals surface area contributed by atoms with Crippen LogP contribution in [-0.4, -0.2) is 22.2 Å². The van der Waals surface area contributed by atoms with Gasteiger partial charge in [0.2, 0.25) is 0 Å². The Hall–Kier alpha value is 0.492. The van der Waals surface area contributed by atoms with E-state index >= 15 is 0 Å². The standard InChI is InChI=1S/C4H9O.Al.2H2/c1-4(2,3)5;;;/h1-3H3;;2*1H/q-1;+1;;. The second-order valence-corrected chi connectivity index (χ2v) is 2.47. The molecule has 0 aliphatic carbocycles. The Labute approximate surface area is 50.4 Å². The number of rotatable bonds is 0. The third kappa shape index (κ3) is 4.49. The minimum atomic E-state index is 0. The summed E-state index contributed by atoms with van der Waals surface area (Å²) in [4.78, 5) is 0. The Balaban J connectivity index is -0.000000125. The lowest BCUT2D eigenvalue weighted by atomic mass is 10.2. The number of hydrogen-bond donors (Lipinski definition) is 0. The molecule has 0 spiro atoms. The van der Waals surface area contributed by atoms with E-state index in [0.29, 0.717) is 0 Å². The van der Waals surface area contributed by atoms with Crippen LogP contribution in [-0.2, 0) is 3.79 Å². The van der Waals surface area contributed by atoms with Crippen LogP contribution < -0.4 is 0 Å². The summed E-state index contributed by atoms with van der Waals surface area (Å²) in [7, 11) is 0. The minimum absolute atomic E-state index is 0. The fourth-order valence-electron chi connectivity index (χ4n) is 0. The van der Waals surface area contributed by atoms with E-state index in [4.69, 9.17) is 3.79 Å². The van der Waals surface area contributed by atoms with Crippen molar-refractivity contribution in [3.8, 4) is 0 Å². The van der Waals surface area contributed by atoms with Crippen molar-refractivity contribution in [2.45, 2.75) is 26.4 Å². The van der Waals surface area contributed by atoms with Gasteiger partial charge in [0.15, 0.2) is 0 Å². The van der Waals surface area contributed by atoms with Crippen LogP contribution in [0.4, 0.5) is 0 Å². The summed E-state index contributed by atoms with van der Waals surface area (Å²) in [6, 6.07) is 0. The molecule has 0 bridgehead atoms. The molecule has 0 aliphatic heterocycles. The van der Waals surface area contributed by atoms with Crippen LogP contribution in [0.15, 0.2) is 0 Å². The molecule has 0 amide bonds. The monoisotopic (exact) mass is 104 g/mol. The Kier molecular flexibility index (Phi) is 2.14. The maximum atomic E-state index is 4.85. The Morgan fingerprint density at radius 1 is 1.50 bits per heavy atom. The van der Waals surface area contributed by atoms with E-state index in [9.17, 15) is 0 Å². The smallest absolute Gasteiger partial charge is 0.369 e. The van der Waals surface area contributed by atoms with E-state index in [1.807, 2.05) is 20.8 Å². The molecule has 0 aromatic rings. The largest absolute Gasteiger partial charge is 0.512 e. The lowest BCUT2D eigenvalue weighted by Crippen LogP contribution is -2.16. The van der Waals surface area contributed by atoms with E-state index in [0.717, 1.165) is 0 Å². The Morgan fingerprint density at radius 2 is 1.67 bits per heavy atom. The zero-order valence-corrected chi connectivity index (χ0v) is 5.64. The molecule has 38 valence electrons. The van der Waals surface area contributed by atoms with Gasteiger partial charge in [0.1, 0.15) is 0 Å². The molecule has 0 atom stereocenters. The highest BCUT2D eigenvalue weighted by Crippen LogP contribution is 2.01. The summed E-state index contributed by atoms with van der Waals surface area (Å²) in [5, 5.41) is 0. The lowest BCUT2D eigenvalue weighted by molar-refractivity contribution is 0.147. The van der Waals surface area contributed by atoms with Crippen LogP contribution in [0.3, 0.4) is 0 Å². The van der Waals surface area contributed by atoms with E-state index in [-0.39, 0.29) is 8.45 Å². The fraction of sp³-hybridized carbons (Fsp3) is 1.00. The maximum absolute atomic E-state index is 4.85. The molecule has 0 fully saturated rings. The molecule has 0 unspecified atom stereocenters. The molecule has 0 heterocycles. The summed E-state index contributed by atoms with van der Waals surface area (Å²) in [6.07, 6.45) is 0. The van der Waals surface area contributed by atoms with E-state index in [1.54, 1.807) is 0 Å². The molecule has 0 aromatic heterocycles. The first kappa shape index (κ1) is 6.49. The highest BCUT2D eigenvalue weighted by Gasteiger charge is 2.01. The molecular weight excluding hydrogens is 91.0 g/mol. The van der Waals surface area contributed by atoms with Crippen LogP contribution in [0.25, 0.3) is 0 Å². The Bertz CT molecular complexity index is 43.8. The van der Waals surface area contributed by atoms with Gasteiger partial charge in [0.25, 0.3) is 0 Å². The molecule has 1 nitrogen and oxygen atoms in total. The normalized spacial score (nSPS) is 11.8. The molecule has 0 saturated heterocycles. The first-order valence-corrected chi connectivity index (χ1v) is 2.41. The zero-order chi connectivity index (χ0) is 5.21. The van der Waals surface area contributed by atoms with Crippen molar-refractivity contribution in [1.82, 2.24) is 0 Å². The van der Waals surface area contributed by atoms with Gasteiger partial charge in [-0.15, -0.1) is 0 Å². The van der Waals surface area contributed by atoms with E-state index < -0.39 is 0 Å². The van der Waals surface area contributed by atoms with Crippen LogP contribution in [0.2, 0.25) is 0 Å². The molecule has 2 radical (unpaired) electrons. The second kappa shape index (κ2) is 1.97. The van der Waals surface area contributed by atoms with Gasteiger partial charge in [-0.3, -0.25) is 0 Å². The number of hydrogen-bond acceptors (Lipinski definition) is 1. The molecular formula is C4H13AlO. The van der Waals surface area contributed by atoms with Gasteiger partial charge in [0.05, 0.1) is 0 Å².